The lowest BCUT2D eigenvalue weighted by molar-refractivity contribution is 1.08. The quantitative estimate of drug-likeness (QED) is 0.577. The first-order valence-electron chi connectivity index (χ1n) is 4.09. The van der Waals surface area contributed by atoms with Crippen molar-refractivity contribution in [2.75, 3.05) is 0 Å². The second-order valence-electron chi connectivity index (χ2n) is 3.29. The van der Waals surface area contributed by atoms with Gasteiger partial charge in [0.2, 0.25) is 0 Å². The lowest BCUT2D eigenvalue weighted by atomic mass is 10.2. The SMILES string of the molecule is Cc1cc(C)c2ncc(C)n2c1. The van der Waals surface area contributed by atoms with Crippen molar-refractivity contribution < 1.29 is 0 Å². The topological polar surface area (TPSA) is 17.3 Å². The van der Waals surface area contributed by atoms with Gasteiger partial charge in [-0.25, -0.2) is 4.98 Å². The van der Waals surface area contributed by atoms with Gasteiger partial charge in [0.05, 0.1) is 0 Å². The molecule has 0 amide bonds. The fourth-order valence-electron chi connectivity index (χ4n) is 1.55. The van der Waals surface area contributed by atoms with E-state index in [0.29, 0.717) is 0 Å². The lowest BCUT2D eigenvalue weighted by Gasteiger charge is -2.01. The highest BCUT2D eigenvalue weighted by atomic mass is 15.0. The Hall–Kier alpha value is -1.31. The van der Waals surface area contributed by atoms with Crippen LogP contribution in [0.1, 0.15) is 16.8 Å². The highest BCUT2D eigenvalue weighted by Crippen LogP contribution is 2.12. The maximum Gasteiger partial charge on any atom is 0.139 e. The van der Waals surface area contributed by atoms with Gasteiger partial charge in [-0.15, -0.1) is 0 Å². The zero-order valence-corrected chi connectivity index (χ0v) is 7.63. The van der Waals surface area contributed by atoms with Crippen LogP contribution in [0.25, 0.3) is 5.65 Å². The first-order chi connectivity index (χ1) is 5.68. The van der Waals surface area contributed by atoms with Gasteiger partial charge in [0, 0.05) is 18.1 Å². The van der Waals surface area contributed by atoms with Gasteiger partial charge in [0.15, 0.2) is 0 Å². The van der Waals surface area contributed by atoms with Crippen molar-refractivity contribution in [1.82, 2.24) is 9.38 Å². The average molecular weight is 160 g/mol. The summed E-state index contributed by atoms with van der Waals surface area (Å²) in [5, 5.41) is 0. The van der Waals surface area contributed by atoms with E-state index in [1.54, 1.807) is 0 Å². The second-order valence-corrected chi connectivity index (χ2v) is 3.29. The van der Waals surface area contributed by atoms with Crippen molar-refractivity contribution in [2.24, 2.45) is 0 Å². The number of fused-ring (bicyclic) bond motifs is 1. The molecule has 2 aromatic rings. The summed E-state index contributed by atoms with van der Waals surface area (Å²) in [7, 11) is 0. The number of aryl methyl sites for hydroxylation is 3. The van der Waals surface area contributed by atoms with Crippen LogP contribution in [0.4, 0.5) is 0 Å². The number of hydrogen-bond acceptors (Lipinski definition) is 1. The Bertz CT molecular complexity index is 427. The predicted molar refractivity (Wildman–Crippen MR) is 49.4 cm³/mol. The Kier molecular flexibility index (Phi) is 1.43. The van der Waals surface area contributed by atoms with Crippen molar-refractivity contribution in [3.05, 3.63) is 35.3 Å². The molecule has 0 fully saturated rings. The number of hydrogen-bond donors (Lipinski definition) is 0. The minimum Gasteiger partial charge on any atom is -0.304 e. The van der Waals surface area contributed by atoms with Crippen molar-refractivity contribution in [3.8, 4) is 0 Å². The summed E-state index contributed by atoms with van der Waals surface area (Å²) in [6, 6.07) is 2.15. The Morgan fingerprint density at radius 2 is 2.00 bits per heavy atom. The lowest BCUT2D eigenvalue weighted by Crippen LogP contribution is -1.91. The van der Waals surface area contributed by atoms with Crippen LogP contribution in [0.2, 0.25) is 0 Å². The molecule has 0 aliphatic rings. The van der Waals surface area contributed by atoms with Crippen molar-refractivity contribution in [1.29, 1.82) is 0 Å². The molecular weight excluding hydrogens is 148 g/mol. The molecule has 62 valence electrons. The molecule has 0 spiro atoms. The Labute approximate surface area is 71.9 Å². The van der Waals surface area contributed by atoms with Gasteiger partial charge >= 0.3 is 0 Å². The highest BCUT2D eigenvalue weighted by Gasteiger charge is 2.01. The largest absolute Gasteiger partial charge is 0.304 e. The Morgan fingerprint density at radius 1 is 1.25 bits per heavy atom. The molecule has 2 aromatic heterocycles. The summed E-state index contributed by atoms with van der Waals surface area (Å²) in [4.78, 5) is 4.32. The van der Waals surface area contributed by atoms with E-state index in [4.69, 9.17) is 0 Å². The van der Waals surface area contributed by atoms with Crippen molar-refractivity contribution in [3.63, 3.8) is 0 Å². The van der Waals surface area contributed by atoms with Crippen molar-refractivity contribution in [2.45, 2.75) is 20.8 Å². The van der Waals surface area contributed by atoms with Crippen LogP contribution in [0, 0.1) is 20.8 Å². The third-order valence-electron chi connectivity index (χ3n) is 2.11. The summed E-state index contributed by atoms with van der Waals surface area (Å²) < 4.78 is 2.13. The number of nitrogens with zero attached hydrogens (tertiary/aromatic N) is 2. The zero-order chi connectivity index (χ0) is 8.72. The first kappa shape index (κ1) is 7.35. The van der Waals surface area contributed by atoms with Gasteiger partial charge in [-0.2, -0.15) is 0 Å². The Balaban J connectivity index is 2.92. The molecule has 0 bridgehead atoms. The molecule has 0 saturated heterocycles. The Morgan fingerprint density at radius 3 is 2.75 bits per heavy atom. The smallest absolute Gasteiger partial charge is 0.139 e. The summed E-state index contributed by atoms with van der Waals surface area (Å²) in [5.74, 6) is 0. The van der Waals surface area contributed by atoms with Crippen LogP contribution in [0.15, 0.2) is 18.5 Å². The molecule has 0 N–H and O–H groups in total. The average Bonchev–Trinajstić information content (AvgIpc) is 2.33. The van der Waals surface area contributed by atoms with E-state index in [1.165, 1.54) is 16.8 Å². The molecule has 0 aliphatic heterocycles. The molecular formula is C10H12N2. The summed E-state index contributed by atoms with van der Waals surface area (Å²) in [6.45, 7) is 6.26. The minimum atomic E-state index is 1.07. The predicted octanol–water partition coefficient (Wildman–Crippen LogP) is 2.26. The zero-order valence-electron chi connectivity index (χ0n) is 7.63. The molecule has 0 aromatic carbocycles. The van der Waals surface area contributed by atoms with Gasteiger partial charge in [-0.05, 0) is 31.9 Å². The highest BCUT2D eigenvalue weighted by molar-refractivity contribution is 5.49. The molecule has 0 saturated carbocycles. The van der Waals surface area contributed by atoms with Gasteiger partial charge in [-0.1, -0.05) is 6.07 Å². The molecule has 2 rings (SSSR count). The van der Waals surface area contributed by atoms with E-state index in [-0.39, 0.29) is 0 Å². The standard InChI is InChI=1S/C10H12N2/c1-7-4-8(2)10-11-5-9(3)12(10)6-7/h4-6H,1-3H3. The van der Waals surface area contributed by atoms with Gasteiger partial charge in [0.1, 0.15) is 5.65 Å². The number of imidazole rings is 1. The van der Waals surface area contributed by atoms with E-state index < -0.39 is 0 Å². The van der Waals surface area contributed by atoms with Crippen LogP contribution in [-0.4, -0.2) is 9.38 Å². The molecule has 2 heterocycles. The van der Waals surface area contributed by atoms with Crippen LogP contribution in [0.5, 0.6) is 0 Å². The monoisotopic (exact) mass is 160 g/mol. The molecule has 0 atom stereocenters. The second kappa shape index (κ2) is 2.34. The molecule has 2 nitrogen and oxygen atoms in total. The number of rotatable bonds is 0. The first-order valence-corrected chi connectivity index (χ1v) is 4.09. The van der Waals surface area contributed by atoms with Crippen molar-refractivity contribution >= 4 is 5.65 Å². The van der Waals surface area contributed by atoms with E-state index in [9.17, 15) is 0 Å². The molecule has 0 radical (unpaired) electrons. The maximum atomic E-state index is 4.32. The summed E-state index contributed by atoms with van der Waals surface area (Å²) in [6.07, 6.45) is 4.02. The van der Waals surface area contributed by atoms with Gasteiger partial charge in [-0.3, -0.25) is 0 Å². The van der Waals surface area contributed by atoms with E-state index in [1.807, 2.05) is 6.20 Å². The minimum absolute atomic E-state index is 1.07. The summed E-state index contributed by atoms with van der Waals surface area (Å²) >= 11 is 0. The van der Waals surface area contributed by atoms with Crippen LogP contribution in [-0.2, 0) is 0 Å². The third kappa shape index (κ3) is 0.916. The fourth-order valence-corrected chi connectivity index (χ4v) is 1.55. The summed E-state index contributed by atoms with van der Waals surface area (Å²) in [5.41, 5.74) is 4.78. The molecule has 0 aliphatic carbocycles. The third-order valence-corrected chi connectivity index (χ3v) is 2.11. The number of pyridine rings is 1. The van der Waals surface area contributed by atoms with Gasteiger partial charge < -0.3 is 4.40 Å². The van der Waals surface area contributed by atoms with Gasteiger partial charge in [0.25, 0.3) is 0 Å². The van der Waals surface area contributed by atoms with Crippen LogP contribution < -0.4 is 0 Å². The molecule has 0 unspecified atom stereocenters. The fraction of sp³-hybridized carbons (Fsp3) is 0.300. The molecule has 12 heavy (non-hydrogen) atoms. The normalized spacial score (nSPS) is 10.9. The maximum absolute atomic E-state index is 4.32. The van der Waals surface area contributed by atoms with Crippen LogP contribution in [0.3, 0.4) is 0 Å². The van der Waals surface area contributed by atoms with E-state index in [0.717, 1.165) is 5.65 Å². The molecule has 2 heteroatoms. The van der Waals surface area contributed by atoms with E-state index in [2.05, 4.69) is 42.4 Å². The van der Waals surface area contributed by atoms with E-state index >= 15 is 0 Å². The number of aromatic nitrogens is 2. The van der Waals surface area contributed by atoms with Crippen LogP contribution >= 0.6 is 0 Å².